The first-order valence-corrected chi connectivity index (χ1v) is 6.16. The maximum Gasteiger partial charge on any atom is 0.258 e. The van der Waals surface area contributed by atoms with Crippen LogP contribution in [-0.2, 0) is 0 Å². The summed E-state index contributed by atoms with van der Waals surface area (Å²) in [4.78, 5) is 12.2. The lowest BCUT2D eigenvalue weighted by Gasteiger charge is -2.22. The molecule has 5 heteroatoms. The van der Waals surface area contributed by atoms with Gasteiger partial charge in [0.25, 0.3) is 5.91 Å². The predicted molar refractivity (Wildman–Crippen MR) is 72.8 cm³/mol. The smallest absolute Gasteiger partial charge is 0.258 e. The van der Waals surface area contributed by atoms with Gasteiger partial charge in [-0.2, -0.15) is 0 Å². The van der Waals surface area contributed by atoms with Crippen molar-refractivity contribution in [1.82, 2.24) is 5.32 Å². The van der Waals surface area contributed by atoms with Crippen LogP contribution in [0.1, 0.15) is 30.6 Å². The molecule has 0 saturated carbocycles. The van der Waals surface area contributed by atoms with Crippen LogP contribution in [0.4, 0.5) is 0 Å². The first kappa shape index (κ1) is 15.3. The van der Waals surface area contributed by atoms with Crippen LogP contribution in [0.5, 0.6) is 11.5 Å². The van der Waals surface area contributed by atoms with Gasteiger partial charge in [0.1, 0.15) is 17.1 Å². The number of hydrogen-bond acceptors (Lipinski definition) is 4. The van der Waals surface area contributed by atoms with Crippen LogP contribution >= 0.6 is 0 Å². The summed E-state index contributed by atoms with van der Waals surface area (Å²) in [6.45, 7) is 3.70. The van der Waals surface area contributed by atoms with Gasteiger partial charge in [0.05, 0.1) is 19.8 Å². The Labute approximate surface area is 113 Å². The van der Waals surface area contributed by atoms with Crippen molar-refractivity contribution in [3.8, 4) is 11.5 Å². The zero-order chi connectivity index (χ0) is 14.5. The number of carbonyl (C=O) groups excluding carboxylic acids is 1. The molecule has 5 nitrogen and oxygen atoms in total. The van der Waals surface area contributed by atoms with E-state index in [1.807, 2.05) is 6.92 Å². The van der Waals surface area contributed by atoms with E-state index in [9.17, 15) is 9.90 Å². The lowest BCUT2D eigenvalue weighted by atomic mass is 10.0. The van der Waals surface area contributed by atoms with Crippen LogP contribution in [0.2, 0.25) is 0 Å². The largest absolute Gasteiger partial charge is 0.496 e. The van der Waals surface area contributed by atoms with E-state index in [2.05, 4.69) is 5.32 Å². The highest BCUT2D eigenvalue weighted by molar-refractivity contribution is 5.99. The van der Waals surface area contributed by atoms with E-state index >= 15 is 0 Å². The van der Waals surface area contributed by atoms with Gasteiger partial charge in [-0.1, -0.05) is 13.0 Å². The molecule has 19 heavy (non-hydrogen) atoms. The molecular weight excluding hydrogens is 246 g/mol. The van der Waals surface area contributed by atoms with Crippen molar-refractivity contribution in [3.63, 3.8) is 0 Å². The van der Waals surface area contributed by atoms with Crippen LogP contribution in [-0.4, -0.2) is 37.4 Å². The number of amides is 1. The van der Waals surface area contributed by atoms with Gasteiger partial charge in [0, 0.05) is 6.54 Å². The van der Waals surface area contributed by atoms with Crippen LogP contribution in [0.3, 0.4) is 0 Å². The van der Waals surface area contributed by atoms with Gasteiger partial charge < -0.3 is 19.9 Å². The van der Waals surface area contributed by atoms with E-state index in [0.29, 0.717) is 23.5 Å². The summed E-state index contributed by atoms with van der Waals surface area (Å²) < 4.78 is 10.3. The van der Waals surface area contributed by atoms with E-state index in [1.54, 1.807) is 25.1 Å². The molecular formula is C14H21NO4. The molecule has 0 radical (unpaired) electrons. The molecule has 1 aromatic carbocycles. The standard InChI is InChI=1S/C14H21NO4/c1-5-14(2,17)9-15-13(16)12-10(18-3)7-6-8-11(12)19-4/h6-8,17H,5,9H2,1-4H3,(H,15,16). The Balaban J connectivity index is 2.93. The fourth-order valence-electron chi connectivity index (χ4n) is 1.56. The van der Waals surface area contributed by atoms with Crippen LogP contribution in [0, 0.1) is 0 Å². The maximum atomic E-state index is 12.2. The number of ether oxygens (including phenoxy) is 2. The molecule has 0 aromatic heterocycles. The number of rotatable bonds is 6. The SMILES string of the molecule is CCC(C)(O)CNC(=O)c1c(OC)cccc1OC. The molecule has 106 valence electrons. The molecule has 0 aliphatic heterocycles. The van der Waals surface area contributed by atoms with Gasteiger partial charge in [-0.05, 0) is 25.5 Å². The van der Waals surface area contributed by atoms with Crippen molar-refractivity contribution in [3.05, 3.63) is 23.8 Å². The molecule has 1 aromatic rings. The fourth-order valence-corrected chi connectivity index (χ4v) is 1.56. The van der Waals surface area contributed by atoms with Gasteiger partial charge >= 0.3 is 0 Å². The van der Waals surface area contributed by atoms with Crippen molar-refractivity contribution in [2.75, 3.05) is 20.8 Å². The second-order valence-electron chi connectivity index (χ2n) is 4.57. The van der Waals surface area contributed by atoms with Crippen LogP contribution in [0.25, 0.3) is 0 Å². The van der Waals surface area contributed by atoms with E-state index in [1.165, 1.54) is 14.2 Å². The van der Waals surface area contributed by atoms with E-state index in [-0.39, 0.29) is 12.5 Å². The van der Waals surface area contributed by atoms with E-state index in [0.717, 1.165) is 0 Å². The minimum atomic E-state index is -0.926. The molecule has 0 saturated heterocycles. The molecule has 1 rings (SSSR count). The topological polar surface area (TPSA) is 67.8 Å². The van der Waals surface area contributed by atoms with Gasteiger partial charge in [-0.15, -0.1) is 0 Å². The number of methoxy groups -OCH3 is 2. The molecule has 0 aliphatic carbocycles. The predicted octanol–water partition coefficient (Wildman–Crippen LogP) is 1.59. The summed E-state index contributed by atoms with van der Waals surface area (Å²) in [7, 11) is 2.99. The lowest BCUT2D eigenvalue weighted by molar-refractivity contribution is 0.0516. The molecule has 1 unspecified atom stereocenters. The minimum Gasteiger partial charge on any atom is -0.496 e. The summed E-state index contributed by atoms with van der Waals surface area (Å²) in [6, 6.07) is 5.13. The monoisotopic (exact) mass is 267 g/mol. The Morgan fingerprint density at radius 2 is 1.84 bits per heavy atom. The molecule has 1 amide bonds. The summed E-state index contributed by atoms with van der Waals surface area (Å²) in [6.07, 6.45) is 0.552. The van der Waals surface area contributed by atoms with Gasteiger partial charge in [-0.25, -0.2) is 0 Å². The molecule has 2 N–H and O–H groups in total. The third kappa shape index (κ3) is 3.86. The summed E-state index contributed by atoms with van der Waals surface area (Å²) >= 11 is 0. The first-order chi connectivity index (χ1) is 8.95. The Kier molecular flexibility index (Phi) is 5.18. The van der Waals surface area contributed by atoms with E-state index < -0.39 is 5.60 Å². The number of benzene rings is 1. The zero-order valence-corrected chi connectivity index (χ0v) is 11.8. The Morgan fingerprint density at radius 1 is 1.32 bits per heavy atom. The first-order valence-electron chi connectivity index (χ1n) is 6.16. The summed E-state index contributed by atoms with van der Waals surface area (Å²) in [5.41, 5.74) is -0.593. The number of nitrogens with one attached hydrogen (secondary N) is 1. The second-order valence-corrected chi connectivity index (χ2v) is 4.57. The normalized spacial score (nSPS) is 13.5. The second kappa shape index (κ2) is 6.43. The fraction of sp³-hybridized carbons (Fsp3) is 0.500. The molecule has 0 aliphatic rings. The van der Waals surface area contributed by atoms with Gasteiger partial charge in [-0.3, -0.25) is 4.79 Å². The van der Waals surface area contributed by atoms with E-state index in [4.69, 9.17) is 9.47 Å². The maximum absolute atomic E-state index is 12.2. The third-order valence-corrected chi connectivity index (χ3v) is 3.05. The molecule has 1 atom stereocenters. The Hall–Kier alpha value is -1.75. The van der Waals surface area contributed by atoms with Crippen molar-refractivity contribution >= 4 is 5.91 Å². The average molecular weight is 267 g/mol. The summed E-state index contributed by atoms with van der Waals surface area (Å²) in [5.74, 6) is 0.545. The minimum absolute atomic E-state index is 0.170. The van der Waals surface area contributed by atoms with Crippen molar-refractivity contribution < 1.29 is 19.4 Å². The molecule has 0 fully saturated rings. The Bertz CT molecular complexity index is 421. The van der Waals surface area contributed by atoms with Crippen LogP contribution < -0.4 is 14.8 Å². The number of aliphatic hydroxyl groups is 1. The van der Waals surface area contributed by atoms with Crippen LogP contribution in [0.15, 0.2) is 18.2 Å². The number of hydrogen-bond donors (Lipinski definition) is 2. The quantitative estimate of drug-likeness (QED) is 0.821. The highest BCUT2D eigenvalue weighted by atomic mass is 16.5. The highest BCUT2D eigenvalue weighted by Crippen LogP contribution is 2.28. The molecule has 0 bridgehead atoms. The lowest BCUT2D eigenvalue weighted by Crippen LogP contribution is -2.40. The number of carbonyl (C=O) groups is 1. The third-order valence-electron chi connectivity index (χ3n) is 3.05. The van der Waals surface area contributed by atoms with Crippen molar-refractivity contribution in [2.24, 2.45) is 0 Å². The van der Waals surface area contributed by atoms with Crippen molar-refractivity contribution in [1.29, 1.82) is 0 Å². The zero-order valence-electron chi connectivity index (χ0n) is 11.8. The molecule has 0 heterocycles. The molecule has 0 spiro atoms. The van der Waals surface area contributed by atoms with Gasteiger partial charge in [0.15, 0.2) is 0 Å². The highest BCUT2D eigenvalue weighted by Gasteiger charge is 2.22. The average Bonchev–Trinajstić information content (AvgIpc) is 2.43. The summed E-state index contributed by atoms with van der Waals surface area (Å²) in [5, 5.41) is 12.6. The Morgan fingerprint density at radius 3 is 2.26 bits per heavy atom. The van der Waals surface area contributed by atoms with Crippen molar-refractivity contribution in [2.45, 2.75) is 25.9 Å². The van der Waals surface area contributed by atoms with Gasteiger partial charge in [0.2, 0.25) is 0 Å².